The van der Waals surface area contributed by atoms with Crippen LogP contribution in [0.25, 0.3) is 0 Å². The first-order valence-corrected chi connectivity index (χ1v) is 7.33. The molecule has 0 aliphatic rings. The molecule has 0 bridgehead atoms. The van der Waals surface area contributed by atoms with Crippen LogP contribution < -0.4 is 10.7 Å². The van der Waals surface area contributed by atoms with Crippen molar-refractivity contribution in [1.29, 1.82) is 0 Å². The maximum absolute atomic E-state index is 11.5. The van der Waals surface area contributed by atoms with E-state index in [0.717, 1.165) is 5.56 Å². The fourth-order valence-corrected chi connectivity index (χ4v) is 3.22. The largest absolute Gasteiger partial charge is 0.334 e. The number of nitrogens with one attached hydrogen (secondary N) is 1. The number of hydrogen-bond acceptors (Lipinski definition) is 5. The van der Waals surface area contributed by atoms with Gasteiger partial charge in [-0.1, -0.05) is 17.7 Å². The smallest absolute Gasteiger partial charge is 0.257 e. The third kappa shape index (κ3) is 2.17. The molecular weight excluding hydrogens is 240 g/mol. The lowest BCUT2D eigenvalue weighted by Gasteiger charge is -2.04. The standard InChI is InChI=1S/C7H10N2O4S2/c1-6-2-4-7(5-3-6)14(10,11)15(12,13)9-8/h2-5,9H,8H2,1H3. The molecule has 0 spiro atoms. The fourth-order valence-electron chi connectivity index (χ4n) is 0.895. The Morgan fingerprint density at radius 2 is 1.53 bits per heavy atom. The molecule has 0 aromatic heterocycles. The van der Waals surface area contributed by atoms with Gasteiger partial charge in [-0.2, -0.15) is 8.42 Å². The summed E-state index contributed by atoms with van der Waals surface area (Å²) in [5.41, 5.74) is 0.826. The van der Waals surface area contributed by atoms with Crippen molar-refractivity contribution in [3.8, 4) is 0 Å². The van der Waals surface area contributed by atoms with Gasteiger partial charge < -0.3 is 0 Å². The number of hydrogen-bond donors (Lipinski definition) is 2. The third-order valence-corrected chi connectivity index (χ3v) is 6.06. The highest BCUT2D eigenvalue weighted by Gasteiger charge is 2.30. The first kappa shape index (κ1) is 12.1. The number of hydrazine groups is 1. The van der Waals surface area contributed by atoms with E-state index < -0.39 is 17.9 Å². The maximum Gasteiger partial charge on any atom is 0.334 e. The molecule has 1 rings (SSSR count). The second kappa shape index (κ2) is 3.89. The molecule has 0 radical (unpaired) electrons. The summed E-state index contributed by atoms with van der Waals surface area (Å²) in [7, 11) is -9.03. The van der Waals surface area contributed by atoms with Crippen molar-refractivity contribution in [3.05, 3.63) is 29.8 Å². The van der Waals surface area contributed by atoms with Crippen LogP contribution in [-0.2, 0) is 17.9 Å². The molecule has 15 heavy (non-hydrogen) atoms. The minimum atomic E-state index is -4.56. The summed E-state index contributed by atoms with van der Waals surface area (Å²) in [6.07, 6.45) is 0. The predicted molar refractivity (Wildman–Crippen MR) is 54.6 cm³/mol. The molecule has 0 unspecified atom stereocenters. The molecule has 0 heterocycles. The highest BCUT2D eigenvalue weighted by Crippen LogP contribution is 2.15. The summed E-state index contributed by atoms with van der Waals surface area (Å²) < 4.78 is 45.1. The topological polar surface area (TPSA) is 106 Å². The fraction of sp³-hybridized carbons (Fsp3) is 0.143. The molecule has 0 saturated carbocycles. The molecule has 1 aromatic rings. The Morgan fingerprint density at radius 3 is 1.93 bits per heavy atom. The average molecular weight is 250 g/mol. The zero-order valence-corrected chi connectivity index (χ0v) is 9.47. The van der Waals surface area contributed by atoms with E-state index in [1.807, 2.05) is 0 Å². The molecule has 3 N–H and O–H groups in total. The van der Waals surface area contributed by atoms with Gasteiger partial charge in [-0.25, -0.2) is 8.42 Å². The summed E-state index contributed by atoms with van der Waals surface area (Å²) >= 11 is 0. The molecule has 6 nitrogen and oxygen atoms in total. The van der Waals surface area contributed by atoms with E-state index in [-0.39, 0.29) is 4.90 Å². The molecular formula is C7H10N2O4S2. The summed E-state index contributed by atoms with van der Waals surface area (Å²) in [6.45, 7) is 1.76. The number of rotatable bonds is 3. The quantitative estimate of drug-likeness (QED) is 0.426. The van der Waals surface area contributed by atoms with Crippen LogP contribution in [0.5, 0.6) is 0 Å². The van der Waals surface area contributed by atoms with Gasteiger partial charge in [0.05, 0.1) is 4.90 Å². The van der Waals surface area contributed by atoms with Crippen LogP contribution in [0.3, 0.4) is 0 Å². The summed E-state index contributed by atoms with van der Waals surface area (Å²) in [6, 6.07) is 5.41. The van der Waals surface area contributed by atoms with Gasteiger partial charge in [-0.15, -0.1) is 4.83 Å². The Morgan fingerprint density at radius 1 is 1.07 bits per heavy atom. The lowest BCUT2D eigenvalue weighted by Crippen LogP contribution is -2.35. The predicted octanol–water partition coefficient (Wildman–Crippen LogP) is -0.523. The number of nitrogens with two attached hydrogens (primary N) is 1. The van der Waals surface area contributed by atoms with E-state index in [1.54, 1.807) is 6.92 Å². The van der Waals surface area contributed by atoms with Crippen molar-refractivity contribution in [2.45, 2.75) is 11.8 Å². The van der Waals surface area contributed by atoms with Crippen LogP contribution in [0, 0.1) is 6.92 Å². The van der Waals surface area contributed by atoms with E-state index in [2.05, 4.69) is 5.84 Å². The molecule has 1 aromatic carbocycles. The summed E-state index contributed by atoms with van der Waals surface area (Å²) in [5, 5.41) is 0. The average Bonchev–Trinajstić information content (AvgIpc) is 2.18. The van der Waals surface area contributed by atoms with Crippen LogP contribution >= 0.6 is 0 Å². The number of benzene rings is 1. The van der Waals surface area contributed by atoms with Gasteiger partial charge >= 0.3 is 9.06 Å². The Balaban J connectivity index is 3.37. The second-order valence-electron chi connectivity index (χ2n) is 2.84. The van der Waals surface area contributed by atoms with Gasteiger partial charge in [-0.3, -0.25) is 5.84 Å². The summed E-state index contributed by atoms with van der Waals surface area (Å²) in [5.74, 6) is 4.64. The van der Waals surface area contributed by atoms with Crippen molar-refractivity contribution in [2.24, 2.45) is 5.84 Å². The first-order chi connectivity index (χ1) is 6.81. The highest BCUT2D eigenvalue weighted by molar-refractivity contribution is 8.66. The zero-order valence-electron chi connectivity index (χ0n) is 7.84. The summed E-state index contributed by atoms with van der Waals surface area (Å²) in [4.78, 5) is 0.965. The molecule has 0 aliphatic heterocycles. The van der Waals surface area contributed by atoms with Crippen LogP contribution in [0.1, 0.15) is 5.56 Å². The minimum absolute atomic E-state index is 0.314. The van der Waals surface area contributed by atoms with Crippen LogP contribution in [0.2, 0.25) is 0 Å². The van der Waals surface area contributed by atoms with Crippen LogP contribution in [0.4, 0.5) is 0 Å². The van der Waals surface area contributed by atoms with E-state index in [0.29, 0.717) is 0 Å². The lowest BCUT2D eigenvalue weighted by molar-refractivity contribution is 0.575. The van der Waals surface area contributed by atoms with Crippen molar-refractivity contribution < 1.29 is 16.8 Å². The molecule has 0 atom stereocenters. The van der Waals surface area contributed by atoms with E-state index in [4.69, 9.17) is 0 Å². The van der Waals surface area contributed by atoms with Crippen molar-refractivity contribution in [2.75, 3.05) is 0 Å². The highest BCUT2D eigenvalue weighted by atomic mass is 33.2. The molecule has 0 saturated heterocycles. The molecule has 0 fully saturated rings. The van der Waals surface area contributed by atoms with Crippen LogP contribution in [-0.4, -0.2) is 16.8 Å². The Labute approximate surface area is 87.4 Å². The molecule has 8 heteroatoms. The maximum atomic E-state index is 11.5. The number of aryl methyl sites for hydroxylation is 1. The monoisotopic (exact) mass is 250 g/mol. The normalized spacial score (nSPS) is 12.7. The first-order valence-electron chi connectivity index (χ1n) is 3.85. The Bertz CT molecular complexity index is 545. The van der Waals surface area contributed by atoms with Crippen LogP contribution in [0.15, 0.2) is 29.2 Å². The minimum Gasteiger partial charge on any atom is -0.257 e. The third-order valence-electron chi connectivity index (χ3n) is 1.74. The molecule has 0 amide bonds. The van der Waals surface area contributed by atoms with Gasteiger partial charge in [0.25, 0.3) is 8.87 Å². The molecule has 0 aliphatic carbocycles. The van der Waals surface area contributed by atoms with E-state index in [1.165, 1.54) is 29.1 Å². The molecule has 84 valence electrons. The van der Waals surface area contributed by atoms with Gasteiger partial charge in [0.15, 0.2) is 0 Å². The second-order valence-corrected chi connectivity index (χ2v) is 8.00. The Hall–Kier alpha value is -0.960. The van der Waals surface area contributed by atoms with E-state index >= 15 is 0 Å². The van der Waals surface area contributed by atoms with Gasteiger partial charge in [0, 0.05) is 0 Å². The van der Waals surface area contributed by atoms with Crippen molar-refractivity contribution in [1.82, 2.24) is 4.83 Å². The van der Waals surface area contributed by atoms with Crippen molar-refractivity contribution in [3.63, 3.8) is 0 Å². The zero-order chi connectivity index (χ0) is 11.7. The SMILES string of the molecule is Cc1ccc(S(=O)(=O)S(=O)(=O)NN)cc1. The Kier molecular flexibility index (Phi) is 3.14. The van der Waals surface area contributed by atoms with Gasteiger partial charge in [-0.05, 0) is 19.1 Å². The lowest BCUT2D eigenvalue weighted by atomic mass is 10.2. The van der Waals surface area contributed by atoms with Gasteiger partial charge in [0.1, 0.15) is 0 Å². The van der Waals surface area contributed by atoms with E-state index in [9.17, 15) is 16.8 Å². The van der Waals surface area contributed by atoms with Crippen molar-refractivity contribution >= 4 is 17.9 Å². The van der Waals surface area contributed by atoms with Gasteiger partial charge in [0.2, 0.25) is 0 Å².